The summed E-state index contributed by atoms with van der Waals surface area (Å²) in [6.07, 6.45) is 7.09. The molecule has 1 spiro atoms. The van der Waals surface area contributed by atoms with E-state index in [0.717, 1.165) is 65.0 Å². The molecule has 6 heterocycles. The lowest BCUT2D eigenvalue weighted by Gasteiger charge is -2.54. The van der Waals surface area contributed by atoms with E-state index in [-0.39, 0.29) is 53.2 Å². The number of carbonyl (C=O) groups excluding carboxylic acids is 1. The van der Waals surface area contributed by atoms with Crippen LogP contribution in [-0.4, -0.2) is 126 Å². The molecule has 5 fully saturated rings. The Morgan fingerprint density at radius 3 is 2.49 bits per heavy atom. The zero-order valence-electron chi connectivity index (χ0n) is 28.9. The highest BCUT2D eigenvalue weighted by Crippen LogP contribution is 2.45. The Kier molecular flexibility index (Phi) is 10.5. The van der Waals surface area contributed by atoms with Gasteiger partial charge in [0.2, 0.25) is 0 Å². The summed E-state index contributed by atoms with van der Waals surface area (Å²) < 4.78 is 50.9. The van der Waals surface area contributed by atoms with E-state index in [0.29, 0.717) is 43.2 Å². The first-order valence-corrected chi connectivity index (χ1v) is 18.9. The van der Waals surface area contributed by atoms with Crippen LogP contribution in [0.4, 0.5) is 10.2 Å². The lowest BCUT2D eigenvalue weighted by atomic mass is 9.72. The highest BCUT2D eigenvalue weighted by Gasteiger charge is 2.49. The molecule has 7 rings (SSSR count). The van der Waals surface area contributed by atoms with Gasteiger partial charge in [0.15, 0.2) is 11.6 Å². The standard InChI is InChI=1S/C34H49FN8O4S.ClH/c1-23(2)43(24(3)4)33(44)29-13-26(35)5-6-30(29)47-31-16-36-22-38-32(31)40-20-34(21-40)8-11-39(12-9-34)17-25-7-10-41(18-25)48(45,46)42-19-27-14-28(42)15-37-27;/h5-6,13,16,22-25,27-28,37H,7-12,14-15,17-21H2,1-4H3;1H/t25-,27-,28-;/m0./s1. The van der Waals surface area contributed by atoms with Gasteiger partial charge in [-0.25, -0.2) is 14.4 Å². The van der Waals surface area contributed by atoms with Gasteiger partial charge in [-0.05, 0) is 90.6 Å². The molecular weight excluding hydrogens is 671 g/mol. The minimum Gasteiger partial charge on any atom is -0.451 e. The quantitative estimate of drug-likeness (QED) is 0.394. The van der Waals surface area contributed by atoms with Crippen LogP contribution in [0, 0.1) is 17.2 Å². The third kappa shape index (κ3) is 7.14. The molecule has 1 N–H and O–H groups in total. The van der Waals surface area contributed by atoms with E-state index in [2.05, 4.69) is 25.1 Å². The number of nitrogens with one attached hydrogen (secondary N) is 1. The fourth-order valence-electron chi connectivity index (χ4n) is 8.61. The van der Waals surface area contributed by atoms with Crippen molar-refractivity contribution >= 4 is 34.3 Å². The Hall–Kier alpha value is -2.62. The van der Waals surface area contributed by atoms with Gasteiger partial charge in [0, 0.05) is 75.4 Å². The molecule has 5 aliphatic heterocycles. The van der Waals surface area contributed by atoms with Crippen LogP contribution in [0.3, 0.4) is 0 Å². The number of ether oxygens (including phenoxy) is 1. The number of benzene rings is 1. The number of nitrogens with zero attached hydrogens (tertiary/aromatic N) is 7. The normalized spacial score (nSPS) is 25.6. The summed E-state index contributed by atoms with van der Waals surface area (Å²) in [5.74, 6) is 0.951. The molecule has 1 amide bonds. The number of piperidine rings is 1. The number of amides is 1. The minimum absolute atomic E-state index is 0. The average molecular weight is 721 g/mol. The summed E-state index contributed by atoms with van der Waals surface area (Å²) >= 11 is 0. The van der Waals surface area contributed by atoms with Crippen molar-refractivity contribution in [3.8, 4) is 11.5 Å². The highest BCUT2D eigenvalue weighted by atomic mass is 35.5. The van der Waals surface area contributed by atoms with Crippen LogP contribution in [0.1, 0.15) is 63.7 Å². The molecule has 3 atom stereocenters. The smallest absolute Gasteiger partial charge is 0.282 e. The third-order valence-corrected chi connectivity index (χ3v) is 13.1. The number of hydrogen-bond donors (Lipinski definition) is 1. The van der Waals surface area contributed by atoms with Gasteiger partial charge in [-0.3, -0.25) is 4.79 Å². The zero-order valence-corrected chi connectivity index (χ0v) is 30.6. The molecule has 2 aromatic rings. The first kappa shape index (κ1) is 36.2. The Bertz CT molecular complexity index is 1610. The van der Waals surface area contributed by atoms with Crippen molar-refractivity contribution in [3.63, 3.8) is 0 Å². The molecule has 1 aromatic carbocycles. The molecule has 49 heavy (non-hydrogen) atoms. The number of anilines is 1. The molecule has 0 aliphatic carbocycles. The summed E-state index contributed by atoms with van der Waals surface area (Å²) in [5.41, 5.74) is 0.363. The van der Waals surface area contributed by atoms with Gasteiger partial charge in [-0.1, -0.05) is 0 Å². The van der Waals surface area contributed by atoms with Gasteiger partial charge < -0.3 is 24.8 Å². The van der Waals surface area contributed by atoms with Crippen molar-refractivity contribution in [1.82, 2.24) is 33.7 Å². The van der Waals surface area contributed by atoms with Crippen molar-refractivity contribution in [1.29, 1.82) is 0 Å². The number of carbonyl (C=O) groups is 1. The fraction of sp³-hybridized carbons (Fsp3) is 0.676. The van der Waals surface area contributed by atoms with E-state index in [1.807, 2.05) is 27.7 Å². The fourth-order valence-corrected chi connectivity index (χ4v) is 10.6. The van der Waals surface area contributed by atoms with E-state index in [9.17, 15) is 17.6 Å². The molecule has 0 radical (unpaired) electrons. The summed E-state index contributed by atoms with van der Waals surface area (Å²) in [4.78, 5) is 28.7. The molecule has 2 bridgehead atoms. The Morgan fingerprint density at radius 2 is 1.84 bits per heavy atom. The largest absolute Gasteiger partial charge is 0.451 e. The SMILES string of the molecule is CC(C)N(C(=O)c1cc(F)ccc1Oc1cncnc1N1CC2(CCN(C[C@@H]3CCN(S(=O)(=O)N4C[C@@H]5C[C@H]4CN5)C3)CC2)C1)C(C)C.Cl. The Balaban J connectivity index is 0.00000417. The first-order valence-electron chi connectivity index (χ1n) is 17.5. The maximum absolute atomic E-state index is 14.4. The van der Waals surface area contributed by atoms with Crippen LogP contribution in [0.25, 0.3) is 0 Å². The van der Waals surface area contributed by atoms with Gasteiger partial charge in [0.05, 0.1) is 11.8 Å². The second kappa shape index (κ2) is 14.2. The van der Waals surface area contributed by atoms with Crippen LogP contribution < -0.4 is 15.0 Å². The molecule has 270 valence electrons. The van der Waals surface area contributed by atoms with Crippen LogP contribution in [-0.2, 0) is 10.2 Å². The van der Waals surface area contributed by atoms with Gasteiger partial charge in [-0.15, -0.1) is 12.4 Å². The Labute approximate surface area is 295 Å². The van der Waals surface area contributed by atoms with Crippen molar-refractivity contribution in [3.05, 3.63) is 42.1 Å². The lowest BCUT2D eigenvalue weighted by Crippen LogP contribution is -2.61. The summed E-state index contributed by atoms with van der Waals surface area (Å²) in [5, 5.41) is 3.40. The molecule has 15 heteroatoms. The molecule has 5 aliphatic rings. The molecular formula is C34H50ClFN8O4S. The van der Waals surface area contributed by atoms with Crippen LogP contribution >= 0.6 is 12.4 Å². The van der Waals surface area contributed by atoms with Crippen LogP contribution in [0.2, 0.25) is 0 Å². The van der Waals surface area contributed by atoms with Crippen molar-refractivity contribution < 1.29 is 22.3 Å². The molecule has 5 saturated heterocycles. The number of likely N-dealkylation sites (tertiary alicyclic amines) is 1. The van der Waals surface area contributed by atoms with E-state index >= 15 is 0 Å². The number of fused-ring (bicyclic) bond motifs is 2. The summed E-state index contributed by atoms with van der Waals surface area (Å²) in [6.45, 7) is 15.0. The van der Waals surface area contributed by atoms with Crippen molar-refractivity contribution in [2.45, 2.75) is 77.5 Å². The maximum Gasteiger partial charge on any atom is 0.282 e. The van der Waals surface area contributed by atoms with Crippen molar-refractivity contribution in [2.75, 3.05) is 63.8 Å². The second-order valence-electron chi connectivity index (χ2n) is 15.1. The Morgan fingerprint density at radius 1 is 1.10 bits per heavy atom. The summed E-state index contributed by atoms with van der Waals surface area (Å²) in [7, 11) is -3.39. The average Bonchev–Trinajstić information content (AvgIpc) is 3.80. The number of piperazine rings is 1. The predicted molar refractivity (Wildman–Crippen MR) is 188 cm³/mol. The van der Waals surface area contributed by atoms with Crippen molar-refractivity contribution in [2.24, 2.45) is 11.3 Å². The third-order valence-electron chi connectivity index (χ3n) is 11.1. The van der Waals surface area contributed by atoms with E-state index in [1.54, 1.807) is 19.7 Å². The molecule has 1 aromatic heterocycles. The highest BCUT2D eigenvalue weighted by molar-refractivity contribution is 7.86. The summed E-state index contributed by atoms with van der Waals surface area (Å²) in [6, 6.07) is 4.32. The zero-order chi connectivity index (χ0) is 33.8. The topological polar surface area (TPSA) is 114 Å². The van der Waals surface area contributed by atoms with E-state index in [1.165, 1.54) is 24.5 Å². The second-order valence-corrected chi connectivity index (χ2v) is 17.0. The van der Waals surface area contributed by atoms with E-state index < -0.39 is 16.0 Å². The number of halogens is 2. The van der Waals surface area contributed by atoms with Gasteiger partial charge >= 0.3 is 0 Å². The van der Waals surface area contributed by atoms with Gasteiger partial charge in [-0.2, -0.15) is 17.0 Å². The molecule has 0 saturated carbocycles. The van der Waals surface area contributed by atoms with Gasteiger partial charge in [0.25, 0.3) is 16.1 Å². The maximum atomic E-state index is 14.4. The number of aromatic nitrogens is 2. The number of rotatable bonds is 10. The van der Waals surface area contributed by atoms with Crippen LogP contribution in [0.5, 0.6) is 11.5 Å². The first-order chi connectivity index (χ1) is 22.9. The monoisotopic (exact) mass is 720 g/mol. The molecule has 0 unspecified atom stereocenters. The van der Waals surface area contributed by atoms with Gasteiger partial charge in [0.1, 0.15) is 17.9 Å². The predicted octanol–water partition coefficient (Wildman–Crippen LogP) is 3.60. The lowest BCUT2D eigenvalue weighted by molar-refractivity contribution is 0.0640. The van der Waals surface area contributed by atoms with E-state index in [4.69, 9.17) is 4.74 Å². The minimum atomic E-state index is -3.39. The molecule has 12 nitrogen and oxygen atoms in total. The number of hydrogen-bond acceptors (Lipinski definition) is 9. The van der Waals surface area contributed by atoms with Crippen LogP contribution in [0.15, 0.2) is 30.7 Å².